The Bertz CT molecular complexity index is 1360. The van der Waals surface area contributed by atoms with E-state index in [1.165, 1.54) is 12.1 Å². The molecule has 0 aliphatic heterocycles. The molecule has 0 radical (unpaired) electrons. The number of carbonyl (C=O) groups is 2. The maximum atomic E-state index is 13.5. The number of carbonyl (C=O) groups excluding carboxylic acids is 2. The van der Waals surface area contributed by atoms with Crippen molar-refractivity contribution in [2.24, 2.45) is 28.5 Å². The summed E-state index contributed by atoms with van der Waals surface area (Å²) in [5.41, 5.74) is 19.4. The molecule has 1 aliphatic carbocycles. The van der Waals surface area contributed by atoms with E-state index in [0.29, 0.717) is 30.6 Å². The van der Waals surface area contributed by atoms with Gasteiger partial charge in [0.2, 0.25) is 5.91 Å². The summed E-state index contributed by atoms with van der Waals surface area (Å²) in [5.74, 6) is -0.441. The van der Waals surface area contributed by atoms with E-state index in [1.54, 1.807) is 6.20 Å². The highest BCUT2D eigenvalue weighted by Gasteiger charge is 2.35. The third kappa shape index (κ3) is 8.84. The third-order valence-electron chi connectivity index (χ3n) is 8.89. The Morgan fingerprint density at radius 3 is 2.26 bits per heavy atom. The number of nitrogens with two attached hydrogens (primary N) is 3. The number of nitrogens with zero attached hydrogens (tertiary/aromatic N) is 1. The molecule has 1 amide bonds. The highest BCUT2D eigenvalue weighted by atomic mass is 19.4. The number of nitrogens with one attached hydrogen (secondary N) is 1. The van der Waals surface area contributed by atoms with Gasteiger partial charge in [0.25, 0.3) is 0 Å². The molecule has 0 spiro atoms. The molecule has 1 aromatic heterocycles. The Morgan fingerprint density at radius 1 is 0.977 bits per heavy atom. The molecule has 2 atom stereocenters. The molecule has 4 rings (SSSR count). The molecule has 0 bridgehead atoms. The van der Waals surface area contributed by atoms with E-state index in [-0.39, 0.29) is 30.0 Å². The average Bonchev–Trinajstić information content (AvgIpc) is 2.98. The van der Waals surface area contributed by atoms with Crippen LogP contribution in [0, 0.1) is 11.3 Å². The molecule has 232 valence electrons. The fourth-order valence-electron chi connectivity index (χ4n) is 6.36. The molecule has 0 unspecified atom stereocenters. The van der Waals surface area contributed by atoms with Crippen LogP contribution in [0.2, 0.25) is 0 Å². The summed E-state index contributed by atoms with van der Waals surface area (Å²) >= 11 is 0. The van der Waals surface area contributed by atoms with Crippen LogP contribution in [0.4, 0.5) is 13.2 Å². The van der Waals surface area contributed by atoms with Gasteiger partial charge < -0.3 is 22.5 Å². The quantitative estimate of drug-likeness (QED) is 0.226. The van der Waals surface area contributed by atoms with Crippen molar-refractivity contribution in [1.29, 1.82) is 0 Å². The Hall–Kier alpha value is -3.34. The first-order valence-corrected chi connectivity index (χ1v) is 15.0. The lowest BCUT2D eigenvalue weighted by Crippen LogP contribution is -2.50. The van der Waals surface area contributed by atoms with Crippen LogP contribution in [0.1, 0.15) is 61.6 Å². The number of ketones is 1. The Labute approximate surface area is 250 Å². The van der Waals surface area contributed by atoms with Crippen molar-refractivity contribution < 1.29 is 22.8 Å². The van der Waals surface area contributed by atoms with E-state index >= 15 is 0 Å². The number of halogens is 3. The summed E-state index contributed by atoms with van der Waals surface area (Å²) < 4.78 is 39.3. The number of pyridine rings is 1. The van der Waals surface area contributed by atoms with Gasteiger partial charge in [-0.1, -0.05) is 30.3 Å². The number of fused-ring (bicyclic) bond motifs is 1. The van der Waals surface area contributed by atoms with Crippen molar-refractivity contribution in [2.45, 2.75) is 76.0 Å². The molecule has 1 saturated carbocycles. The number of para-hydroxylation sites is 1. The van der Waals surface area contributed by atoms with E-state index < -0.39 is 29.7 Å². The summed E-state index contributed by atoms with van der Waals surface area (Å²) in [6, 6.07) is 12.3. The molecule has 2 aromatic carbocycles. The van der Waals surface area contributed by atoms with Gasteiger partial charge in [-0.25, -0.2) is 0 Å². The number of hydrogen-bond donors (Lipinski definition) is 4. The van der Waals surface area contributed by atoms with Gasteiger partial charge in [0.1, 0.15) is 0 Å². The first-order valence-electron chi connectivity index (χ1n) is 15.0. The minimum absolute atomic E-state index is 0.00560. The fraction of sp³-hybridized carbons (Fsp3) is 0.485. The number of Topliss-reactive ketones (excluding diaryl/α,β-unsaturated/α-hetero) is 1. The van der Waals surface area contributed by atoms with Crippen LogP contribution >= 0.6 is 0 Å². The summed E-state index contributed by atoms with van der Waals surface area (Å²) in [5, 5.41) is 3.71. The van der Waals surface area contributed by atoms with Crippen molar-refractivity contribution in [1.82, 2.24) is 10.3 Å². The average molecular weight is 598 g/mol. The summed E-state index contributed by atoms with van der Waals surface area (Å²) in [4.78, 5) is 31.2. The summed E-state index contributed by atoms with van der Waals surface area (Å²) in [6.45, 7) is 1.24. The minimum atomic E-state index is -4.47. The van der Waals surface area contributed by atoms with Crippen LogP contribution in [0.5, 0.6) is 0 Å². The van der Waals surface area contributed by atoms with Crippen LogP contribution in [0.3, 0.4) is 0 Å². The predicted octanol–water partition coefficient (Wildman–Crippen LogP) is 4.68. The highest BCUT2D eigenvalue weighted by molar-refractivity contribution is 5.92. The van der Waals surface area contributed by atoms with Gasteiger partial charge in [0.05, 0.1) is 23.2 Å². The van der Waals surface area contributed by atoms with Gasteiger partial charge in [-0.2, -0.15) is 13.2 Å². The van der Waals surface area contributed by atoms with Gasteiger partial charge in [0, 0.05) is 18.0 Å². The first-order chi connectivity index (χ1) is 20.5. The second-order valence-corrected chi connectivity index (χ2v) is 12.0. The molecule has 7 N–H and O–H groups in total. The van der Waals surface area contributed by atoms with Crippen LogP contribution in [-0.2, 0) is 28.6 Å². The van der Waals surface area contributed by atoms with E-state index in [1.807, 2.05) is 30.3 Å². The molecule has 3 aromatic rings. The van der Waals surface area contributed by atoms with Gasteiger partial charge in [-0.3, -0.25) is 14.6 Å². The zero-order valence-electron chi connectivity index (χ0n) is 24.4. The van der Waals surface area contributed by atoms with Crippen LogP contribution in [0.25, 0.3) is 10.9 Å². The second-order valence-electron chi connectivity index (χ2n) is 12.0. The number of rotatable bonds is 13. The van der Waals surface area contributed by atoms with E-state index in [9.17, 15) is 22.8 Å². The number of alkyl halides is 3. The van der Waals surface area contributed by atoms with E-state index in [0.717, 1.165) is 61.6 Å². The molecule has 0 saturated heterocycles. The number of aromatic nitrogens is 1. The number of benzene rings is 2. The minimum Gasteiger partial charge on any atom is -0.345 e. The van der Waals surface area contributed by atoms with Crippen LogP contribution in [-0.4, -0.2) is 41.8 Å². The monoisotopic (exact) mass is 597 g/mol. The molecule has 43 heavy (non-hydrogen) atoms. The molecule has 1 fully saturated rings. The largest absolute Gasteiger partial charge is 0.416 e. The second kappa shape index (κ2) is 14.4. The molecule has 10 heteroatoms. The first kappa shape index (κ1) is 32.6. The lowest BCUT2D eigenvalue weighted by atomic mass is 9.66. The molecular formula is C33H42F3N5O2. The van der Waals surface area contributed by atoms with Gasteiger partial charge in [0.15, 0.2) is 5.78 Å². The predicted molar refractivity (Wildman–Crippen MR) is 162 cm³/mol. The lowest BCUT2D eigenvalue weighted by molar-refractivity contribution is -0.137. The zero-order valence-corrected chi connectivity index (χ0v) is 24.4. The standard InChI is InChI=1S/C33H42F3N5O2/c34-33(35,36)26-7-5-22(6-8-26)19-29(30(42)20-24-17-25-3-1-2-4-28(25)40-21-24)41-31(43)27(39)18-23-9-11-32(12-10-23,13-15-37)14-16-38/h1-8,17,21,23,27,29H,9-16,18-20,37-39H2,(H,41,43)/t27-,29-/m0/s1. The molecule has 1 aliphatic rings. The summed E-state index contributed by atoms with van der Waals surface area (Å²) in [7, 11) is 0. The van der Waals surface area contributed by atoms with Crippen LogP contribution < -0.4 is 22.5 Å². The van der Waals surface area contributed by atoms with E-state index in [2.05, 4.69) is 10.3 Å². The maximum absolute atomic E-state index is 13.5. The normalized spacial score (nSPS) is 17.0. The molecule has 1 heterocycles. The van der Waals surface area contributed by atoms with E-state index in [4.69, 9.17) is 17.2 Å². The number of amides is 1. The van der Waals surface area contributed by atoms with Crippen molar-refractivity contribution in [3.8, 4) is 0 Å². The van der Waals surface area contributed by atoms with Gasteiger partial charge in [-0.05, 0) is 111 Å². The lowest BCUT2D eigenvalue weighted by Gasteiger charge is -2.40. The third-order valence-corrected chi connectivity index (χ3v) is 8.89. The summed E-state index contributed by atoms with van der Waals surface area (Å²) in [6.07, 6.45) is 3.42. The Kier molecular flexibility index (Phi) is 10.9. The SMILES string of the molecule is NCCC1(CCN)CCC(C[C@H](N)C(=O)N[C@@H](Cc2ccc(C(F)(F)F)cc2)C(=O)Cc2cnc3ccccc3c2)CC1. The van der Waals surface area contributed by atoms with Crippen molar-refractivity contribution in [3.63, 3.8) is 0 Å². The number of hydrogen-bond acceptors (Lipinski definition) is 6. The smallest absolute Gasteiger partial charge is 0.345 e. The van der Waals surface area contributed by atoms with Crippen molar-refractivity contribution in [3.05, 3.63) is 77.5 Å². The van der Waals surface area contributed by atoms with Crippen molar-refractivity contribution >= 4 is 22.6 Å². The molecular weight excluding hydrogens is 555 g/mol. The maximum Gasteiger partial charge on any atom is 0.416 e. The van der Waals surface area contributed by atoms with Gasteiger partial charge >= 0.3 is 6.18 Å². The van der Waals surface area contributed by atoms with Crippen LogP contribution in [0.15, 0.2) is 60.8 Å². The highest BCUT2D eigenvalue weighted by Crippen LogP contribution is 2.44. The Morgan fingerprint density at radius 2 is 1.63 bits per heavy atom. The fourth-order valence-corrected chi connectivity index (χ4v) is 6.36. The zero-order chi connectivity index (χ0) is 31.0. The topological polar surface area (TPSA) is 137 Å². The molecule has 7 nitrogen and oxygen atoms in total. The van der Waals surface area contributed by atoms with Crippen molar-refractivity contribution in [2.75, 3.05) is 13.1 Å². The van der Waals surface area contributed by atoms with Gasteiger partial charge in [-0.15, -0.1) is 0 Å². The Balaban J connectivity index is 1.44.